The molecular formula is C20H20ClF3N2O2. The van der Waals surface area contributed by atoms with Crippen molar-refractivity contribution in [1.29, 1.82) is 0 Å². The predicted molar refractivity (Wildman–Crippen MR) is 101 cm³/mol. The summed E-state index contributed by atoms with van der Waals surface area (Å²) in [6, 6.07) is 11.5. The Kier molecular flexibility index (Phi) is 6.27. The Hall–Kier alpha value is -2.09. The Morgan fingerprint density at radius 3 is 2.57 bits per heavy atom. The standard InChI is InChI=1S/C20H20ClF3N2O2/c21-17-9-8-14(11-16(17)20(22,23)24)25-19(28)18(13-5-2-1-3-6-13)26-10-4-7-15(27)12-26/h1-3,5-6,8-9,11,15,18,27H,4,7,10,12H2,(H,25,28). The fraction of sp³-hybridized carbons (Fsp3) is 0.350. The zero-order chi connectivity index (χ0) is 20.3. The molecular weight excluding hydrogens is 393 g/mol. The molecule has 4 nitrogen and oxygen atoms in total. The number of nitrogens with one attached hydrogen (secondary N) is 1. The number of alkyl halides is 3. The summed E-state index contributed by atoms with van der Waals surface area (Å²) < 4.78 is 39.3. The molecule has 1 heterocycles. The number of likely N-dealkylation sites (tertiary alicyclic amines) is 1. The highest BCUT2D eigenvalue weighted by Gasteiger charge is 2.34. The van der Waals surface area contributed by atoms with Crippen LogP contribution in [0.25, 0.3) is 0 Å². The molecule has 8 heteroatoms. The van der Waals surface area contributed by atoms with Crippen molar-refractivity contribution in [3.8, 4) is 0 Å². The number of piperidine rings is 1. The Morgan fingerprint density at radius 2 is 1.93 bits per heavy atom. The van der Waals surface area contributed by atoms with Gasteiger partial charge in [0.15, 0.2) is 0 Å². The summed E-state index contributed by atoms with van der Waals surface area (Å²) in [6.45, 7) is 0.930. The molecule has 3 rings (SSSR count). The molecule has 28 heavy (non-hydrogen) atoms. The maximum atomic E-state index is 13.1. The number of aliphatic hydroxyl groups excluding tert-OH is 1. The molecule has 0 bridgehead atoms. The summed E-state index contributed by atoms with van der Waals surface area (Å²) in [7, 11) is 0. The number of halogens is 4. The van der Waals surface area contributed by atoms with Crippen LogP contribution in [0.1, 0.15) is 30.0 Å². The molecule has 1 saturated heterocycles. The van der Waals surface area contributed by atoms with Gasteiger partial charge in [0.2, 0.25) is 5.91 Å². The van der Waals surface area contributed by atoms with Gasteiger partial charge in [-0.15, -0.1) is 0 Å². The summed E-state index contributed by atoms with van der Waals surface area (Å²) in [6.07, 6.45) is -3.77. The average Bonchev–Trinajstić information content (AvgIpc) is 2.63. The molecule has 2 atom stereocenters. The first kappa shape index (κ1) is 20.6. The Bertz CT molecular complexity index is 830. The van der Waals surface area contributed by atoms with E-state index in [0.29, 0.717) is 25.1 Å². The lowest BCUT2D eigenvalue weighted by Gasteiger charge is -2.36. The van der Waals surface area contributed by atoms with Crippen LogP contribution in [-0.4, -0.2) is 35.1 Å². The molecule has 1 fully saturated rings. The molecule has 1 aliphatic heterocycles. The van der Waals surface area contributed by atoms with E-state index in [1.165, 1.54) is 6.07 Å². The van der Waals surface area contributed by atoms with E-state index in [-0.39, 0.29) is 5.69 Å². The number of benzene rings is 2. The van der Waals surface area contributed by atoms with E-state index in [2.05, 4.69) is 5.32 Å². The van der Waals surface area contributed by atoms with Crippen LogP contribution in [0.5, 0.6) is 0 Å². The Labute approximate surface area is 165 Å². The van der Waals surface area contributed by atoms with E-state index >= 15 is 0 Å². The number of amides is 1. The maximum absolute atomic E-state index is 13.1. The Morgan fingerprint density at radius 1 is 1.21 bits per heavy atom. The first-order valence-electron chi connectivity index (χ1n) is 8.90. The normalized spacial score (nSPS) is 19.2. The second kappa shape index (κ2) is 8.51. The molecule has 0 spiro atoms. The van der Waals surface area contributed by atoms with Gasteiger partial charge in [0.25, 0.3) is 0 Å². The van der Waals surface area contributed by atoms with Crippen LogP contribution in [0.2, 0.25) is 5.02 Å². The minimum atomic E-state index is -4.62. The molecule has 1 amide bonds. The van der Waals surface area contributed by atoms with Crippen LogP contribution >= 0.6 is 11.6 Å². The molecule has 0 aliphatic carbocycles. The minimum Gasteiger partial charge on any atom is -0.392 e. The largest absolute Gasteiger partial charge is 0.417 e. The monoisotopic (exact) mass is 412 g/mol. The van der Waals surface area contributed by atoms with Gasteiger partial charge in [0.05, 0.1) is 16.7 Å². The van der Waals surface area contributed by atoms with E-state index in [4.69, 9.17) is 11.6 Å². The van der Waals surface area contributed by atoms with Crippen molar-refractivity contribution >= 4 is 23.2 Å². The number of rotatable bonds is 4. The fourth-order valence-electron chi connectivity index (χ4n) is 3.41. The van der Waals surface area contributed by atoms with Gasteiger partial charge in [0.1, 0.15) is 6.04 Å². The topological polar surface area (TPSA) is 52.6 Å². The highest BCUT2D eigenvalue weighted by molar-refractivity contribution is 6.31. The van der Waals surface area contributed by atoms with E-state index < -0.39 is 34.8 Å². The van der Waals surface area contributed by atoms with Crippen LogP contribution in [0.4, 0.5) is 18.9 Å². The van der Waals surface area contributed by atoms with Gasteiger partial charge in [-0.3, -0.25) is 9.69 Å². The summed E-state index contributed by atoms with van der Waals surface area (Å²) in [5.74, 6) is -0.462. The van der Waals surface area contributed by atoms with Gasteiger partial charge in [-0.25, -0.2) is 0 Å². The molecule has 0 aromatic heterocycles. The van der Waals surface area contributed by atoms with Crippen molar-refractivity contribution in [3.63, 3.8) is 0 Å². The van der Waals surface area contributed by atoms with Gasteiger partial charge < -0.3 is 10.4 Å². The van der Waals surface area contributed by atoms with Gasteiger partial charge in [0, 0.05) is 12.2 Å². The number of nitrogens with zero attached hydrogens (tertiary/aromatic N) is 1. The first-order valence-corrected chi connectivity index (χ1v) is 9.28. The molecule has 0 saturated carbocycles. The van der Waals surface area contributed by atoms with Crippen molar-refractivity contribution in [3.05, 3.63) is 64.7 Å². The highest BCUT2D eigenvalue weighted by Crippen LogP contribution is 2.36. The number of anilines is 1. The lowest BCUT2D eigenvalue weighted by atomic mass is 9.99. The van der Waals surface area contributed by atoms with E-state index in [1.807, 2.05) is 11.0 Å². The van der Waals surface area contributed by atoms with Crippen LogP contribution in [-0.2, 0) is 11.0 Å². The summed E-state index contributed by atoms with van der Waals surface area (Å²) in [5, 5.41) is 12.1. The third-order valence-electron chi connectivity index (χ3n) is 4.70. The average molecular weight is 413 g/mol. The summed E-state index contributed by atoms with van der Waals surface area (Å²) >= 11 is 5.64. The number of β-amino-alcohol motifs (C(OH)–C–C–N with tert-alkyl or cyclic N) is 1. The zero-order valence-corrected chi connectivity index (χ0v) is 15.7. The van der Waals surface area contributed by atoms with Crippen LogP contribution < -0.4 is 5.32 Å². The lowest BCUT2D eigenvalue weighted by Crippen LogP contribution is -2.44. The Balaban J connectivity index is 1.88. The van der Waals surface area contributed by atoms with Crippen molar-refractivity contribution in [2.24, 2.45) is 0 Å². The van der Waals surface area contributed by atoms with Crippen molar-refractivity contribution in [2.75, 3.05) is 18.4 Å². The molecule has 2 N–H and O–H groups in total. The highest BCUT2D eigenvalue weighted by atomic mass is 35.5. The van der Waals surface area contributed by atoms with Gasteiger partial charge in [-0.05, 0) is 43.1 Å². The first-order chi connectivity index (χ1) is 13.3. The van der Waals surface area contributed by atoms with Crippen molar-refractivity contribution in [1.82, 2.24) is 4.90 Å². The third-order valence-corrected chi connectivity index (χ3v) is 5.03. The summed E-state index contributed by atoms with van der Waals surface area (Å²) in [4.78, 5) is 14.9. The van der Waals surface area contributed by atoms with Crippen LogP contribution in [0, 0.1) is 0 Å². The number of aliphatic hydroxyl groups is 1. The predicted octanol–water partition coefficient (Wildman–Crippen LogP) is 4.50. The molecule has 1 aliphatic rings. The van der Waals surface area contributed by atoms with Crippen molar-refractivity contribution < 1.29 is 23.1 Å². The van der Waals surface area contributed by atoms with Gasteiger partial charge in [-0.1, -0.05) is 41.9 Å². The second-order valence-electron chi connectivity index (χ2n) is 6.79. The molecule has 2 aromatic rings. The SMILES string of the molecule is O=C(Nc1ccc(Cl)c(C(F)(F)F)c1)C(c1ccccc1)N1CCCC(O)C1. The fourth-order valence-corrected chi connectivity index (χ4v) is 3.64. The smallest absolute Gasteiger partial charge is 0.392 e. The summed E-state index contributed by atoms with van der Waals surface area (Å²) in [5.41, 5.74) is -0.282. The lowest BCUT2D eigenvalue weighted by molar-refractivity contribution is -0.137. The minimum absolute atomic E-state index is 0.0141. The van der Waals surface area contributed by atoms with Gasteiger partial charge in [-0.2, -0.15) is 13.2 Å². The molecule has 0 radical (unpaired) electrons. The zero-order valence-electron chi connectivity index (χ0n) is 14.9. The van der Waals surface area contributed by atoms with Crippen molar-refractivity contribution in [2.45, 2.75) is 31.2 Å². The van der Waals surface area contributed by atoms with Gasteiger partial charge >= 0.3 is 6.18 Å². The number of hydrogen-bond donors (Lipinski definition) is 2. The quantitative estimate of drug-likeness (QED) is 0.777. The second-order valence-corrected chi connectivity index (χ2v) is 7.19. The van der Waals surface area contributed by atoms with Crippen LogP contribution in [0.3, 0.4) is 0 Å². The van der Waals surface area contributed by atoms with E-state index in [9.17, 15) is 23.1 Å². The third kappa shape index (κ3) is 4.84. The molecule has 2 aromatic carbocycles. The maximum Gasteiger partial charge on any atom is 0.417 e. The van der Waals surface area contributed by atoms with E-state index in [1.54, 1.807) is 24.3 Å². The number of carbonyl (C=O) groups is 1. The molecule has 2 unspecified atom stereocenters. The number of carbonyl (C=O) groups excluding carboxylic acids is 1. The molecule has 150 valence electrons. The van der Waals surface area contributed by atoms with E-state index in [0.717, 1.165) is 18.6 Å². The van der Waals surface area contributed by atoms with Crippen LogP contribution in [0.15, 0.2) is 48.5 Å². The number of hydrogen-bond acceptors (Lipinski definition) is 3.